The van der Waals surface area contributed by atoms with E-state index >= 15 is 0 Å². The molecule has 0 aliphatic carbocycles. The summed E-state index contributed by atoms with van der Waals surface area (Å²) in [6.45, 7) is 4.14. The minimum atomic E-state index is -0.957. The van der Waals surface area contributed by atoms with Crippen LogP contribution in [0.25, 0.3) is 6.08 Å². The highest BCUT2D eigenvalue weighted by Gasteiger charge is 2.06. The Morgan fingerprint density at radius 1 is 1.64 bits per heavy atom. The summed E-state index contributed by atoms with van der Waals surface area (Å²) in [6.07, 6.45) is 2.58. The summed E-state index contributed by atoms with van der Waals surface area (Å²) in [5.74, 6) is -0.568. The number of carboxylic acid groups (broad SMARTS) is 1. The van der Waals surface area contributed by atoms with Gasteiger partial charge in [0.05, 0.1) is 5.69 Å². The van der Waals surface area contributed by atoms with Crippen molar-refractivity contribution in [1.29, 1.82) is 0 Å². The summed E-state index contributed by atoms with van der Waals surface area (Å²) in [4.78, 5) is 10.3. The van der Waals surface area contributed by atoms with E-state index in [0.29, 0.717) is 11.6 Å². The lowest BCUT2D eigenvalue weighted by atomic mass is 10.1. The highest BCUT2D eigenvalue weighted by atomic mass is 16.4. The fourth-order valence-electron chi connectivity index (χ4n) is 1.28. The maximum absolute atomic E-state index is 10.3. The zero-order chi connectivity index (χ0) is 10.7. The first-order valence-electron chi connectivity index (χ1n) is 4.45. The fourth-order valence-corrected chi connectivity index (χ4v) is 1.28. The Morgan fingerprint density at radius 2 is 2.29 bits per heavy atom. The van der Waals surface area contributed by atoms with Crippen LogP contribution < -0.4 is 0 Å². The van der Waals surface area contributed by atoms with Gasteiger partial charge in [-0.3, -0.25) is 4.68 Å². The van der Waals surface area contributed by atoms with Crippen LogP contribution in [0.4, 0.5) is 0 Å². The first kappa shape index (κ1) is 10.5. The molecule has 1 N–H and O–H groups in total. The molecule has 1 heterocycles. The molecular formula is C10H14N2O2. The molecule has 0 amide bonds. The minimum Gasteiger partial charge on any atom is -0.478 e. The maximum atomic E-state index is 10.3. The Kier molecular flexibility index (Phi) is 3.06. The number of nitrogens with zero attached hydrogens (tertiary/aromatic N) is 2. The third-order valence-corrected chi connectivity index (χ3v) is 1.92. The second-order valence-corrected chi connectivity index (χ2v) is 3.44. The molecule has 1 aromatic rings. The molecule has 0 spiro atoms. The van der Waals surface area contributed by atoms with Crippen LogP contribution >= 0.6 is 0 Å². The summed E-state index contributed by atoms with van der Waals surface area (Å²) in [5.41, 5.74) is 1.77. The molecule has 0 saturated carbocycles. The van der Waals surface area contributed by atoms with Crippen molar-refractivity contribution < 1.29 is 9.90 Å². The van der Waals surface area contributed by atoms with Crippen molar-refractivity contribution in [3.8, 4) is 0 Å². The van der Waals surface area contributed by atoms with E-state index in [4.69, 9.17) is 5.11 Å². The van der Waals surface area contributed by atoms with Gasteiger partial charge in [0.25, 0.3) is 0 Å². The van der Waals surface area contributed by atoms with Gasteiger partial charge < -0.3 is 5.11 Å². The van der Waals surface area contributed by atoms with Gasteiger partial charge in [0.2, 0.25) is 0 Å². The number of hydrogen-bond donors (Lipinski definition) is 1. The number of aliphatic carboxylic acids is 1. The van der Waals surface area contributed by atoms with E-state index in [-0.39, 0.29) is 0 Å². The van der Waals surface area contributed by atoms with Crippen LogP contribution in [0.2, 0.25) is 0 Å². The van der Waals surface area contributed by atoms with Crippen LogP contribution in [0, 0.1) is 0 Å². The van der Waals surface area contributed by atoms with E-state index in [2.05, 4.69) is 18.9 Å². The Labute approximate surface area is 82.9 Å². The molecule has 0 fully saturated rings. The zero-order valence-electron chi connectivity index (χ0n) is 8.56. The molecule has 4 nitrogen and oxygen atoms in total. The van der Waals surface area contributed by atoms with Crippen molar-refractivity contribution in [2.45, 2.75) is 19.8 Å². The molecular weight excluding hydrogens is 180 g/mol. The first-order chi connectivity index (χ1) is 6.50. The first-order valence-corrected chi connectivity index (χ1v) is 4.45. The number of carboxylic acids is 1. The van der Waals surface area contributed by atoms with Crippen LogP contribution in [0.15, 0.2) is 12.1 Å². The van der Waals surface area contributed by atoms with Gasteiger partial charge in [-0.2, -0.15) is 5.10 Å². The zero-order valence-corrected chi connectivity index (χ0v) is 8.56. The summed E-state index contributed by atoms with van der Waals surface area (Å²) in [6, 6.07) is 1.89. The van der Waals surface area contributed by atoms with E-state index < -0.39 is 5.97 Å². The fraction of sp³-hybridized carbons (Fsp3) is 0.400. The Hall–Kier alpha value is -1.58. The molecule has 0 atom stereocenters. The minimum absolute atomic E-state index is 0.388. The van der Waals surface area contributed by atoms with Gasteiger partial charge in [-0.05, 0) is 18.1 Å². The van der Waals surface area contributed by atoms with E-state index in [1.54, 1.807) is 4.68 Å². The Morgan fingerprint density at radius 3 is 2.71 bits per heavy atom. The van der Waals surface area contributed by atoms with Gasteiger partial charge in [0.15, 0.2) is 0 Å². The number of rotatable bonds is 3. The molecule has 14 heavy (non-hydrogen) atoms. The molecule has 0 radical (unpaired) electrons. The lowest BCUT2D eigenvalue weighted by molar-refractivity contribution is -0.131. The van der Waals surface area contributed by atoms with Gasteiger partial charge in [-0.1, -0.05) is 13.8 Å². The lowest BCUT2D eigenvalue weighted by Gasteiger charge is -2.02. The number of aromatic nitrogens is 2. The van der Waals surface area contributed by atoms with Crippen molar-refractivity contribution >= 4 is 12.0 Å². The summed E-state index contributed by atoms with van der Waals surface area (Å²) in [7, 11) is 1.85. The topological polar surface area (TPSA) is 55.1 Å². The van der Waals surface area contributed by atoms with Crippen LogP contribution in [0.1, 0.15) is 31.2 Å². The maximum Gasteiger partial charge on any atom is 0.328 e. The summed E-state index contributed by atoms with van der Waals surface area (Å²) >= 11 is 0. The number of hydrogen-bond acceptors (Lipinski definition) is 2. The molecule has 0 saturated heterocycles. The van der Waals surface area contributed by atoms with Crippen molar-refractivity contribution in [2.24, 2.45) is 7.05 Å². The quantitative estimate of drug-likeness (QED) is 0.744. The van der Waals surface area contributed by atoms with Gasteiger partial charge in [0.1, 0.15) is 0 Å². The number of aryl methyl sites for hydroxylation is 1. The molecule has 0 aliphatic rings. The van der Waals surface area contributed by atoms with Crippen LogP contribution in [-0.2, 0) is 11.8 Å². The molecule has 1 rings (SSSR count). The third-order valence-electron chi connectivity index (χ3n) is 1.92. The second-order valence-electron chi connectivity index (χ2n) is 3.44. The molecule has 0 unspecified atom stereocenters. The highest BCUT2D eigenvalue weighted by Crippen LogP contribution is 2.15. The molecule has 0 aliphatic heterocycles. The van der Waals surface area contributed by atoms with Gasteiger partial charge >= 0.3 is 5.97 Å². The van der Waals surface area contributed by atoms with Crippen molar-refractivity contribution in [1.82, 2.24) is 9.78 Å². The standard InChI is InChI=1S/C10H14N2O2/c1-7(2)9-6-8(11-12(9)3)4-5-10(13)14/h4-7H,1-3H3,(H,13,14). The Balaban J connectivity index is 2.91. The van der Waals surface area contributed by atoms with Crippen molar-refractivity contribution in [3.05, 3.63) is 23.5 Å². The van der Waals surface area contributed by atoms with Crippen LogP contribution in [-0.4, -0.2) is 20.9 Å². The second kappa shape index (κ2) is 4.09. The molecule has 76 valence electrons. The van der Waals surface area contributed by atoms with E-state index in [1.165, 1.54) is 6.08 Å². The highest BCUT2D eigenvalue weighted by molar-refractivity contribution is 5.84. The SMILES string of the molecule is CC(C)c1cc(C=CC(=O)O)nn1C. The number of carbonyl (C=O) groups is 1. The Bertz CT molecular complexity index is 364. The smallest absolute Gasteiger partial charge is 0.328 e. The van der Waals surface area contributed by atoms with E-state index in [1.807, 2.05) is 13.1 Å². The predicted molar refractivity (Wildman–Crippen MR) is 54.0 cm³/mol. The summed E-state index contributed by atoms with van der Waals surface area (Å²) in [5, 5.41) is 12.6. The lowest BCUT2D eigenvalue weighted by Crippen LogP contribution is -1.99. The largest absolute Gasteiger partial charge is 0.478 e. The monoisotopic (exact) mass is 194 g/mol. The van der Waals surface area contributed by atoms with Crippen LogP contribution in [0.5, 0.6) is 0 Å². The third kappa shape index (κ3) is 2.45. The summed E-state index contributed by atoms with van der Waals surface area (Å²) < 4.78 is 1.77. The average Bonchev–Trinajstić information content (AvgIpc) is 2.43. The molecule has 1 aromatic heterocycles. The molecule has 0 aromatic carbocycles. The molecule has 0 bridgehead atoms. The molecule has 4 heteroatoms. The van der Waals surface area contributed by atoms with Crippen LogP contribution in [0.3, 0.4) is 0 Å². The normalized spacial score (nSPS) is 11.4. The van der Waals surface area contributed by atoms with E-state index in [0.717, 1.165) is 11.8 Å². The van der Waals surface area contributed by atoms with E-state index in [9.17, 15) is 4.79 Å². The van der Waals surface area contributed by atoms with Crippen molar-refractivity contribution in [3.63, 3.8) is 0 Å². The average molecular weight is 194 g/mol. The van der Waals surface area contributed by atoms with Gasteiger partial charge in [-0.25, -0.2) is 4.79 Å². The van der Waals surface area contributed by atoms with Crippen molar-refractivity contribution in [2.75, 3.05) is 0 Å². The predicted octanol–water partition coefficient (Wildman–Crippen LogP) is 1.64. The van der Waals surface area contributed by atoms with Gasteiger partial charge in [-0.15, -0.1) is 0 Å². The van der Waals surface area contributed by atoms with Gasteiger partial charge in [0, 0.05) is 18.8 Å².